The summed E-state index contributed by atoms with van der Waals surface area (Å²) < 4.78 is 0. The van der Waals surface area contributed by atoms with E-state index in [-0.39, 0.29) is 5.78 Å². The lowest BCUT2D eigenvalue weighted by atomic mass is 10.0. The maximum absolute atomic E-state index is 12.4. The number of alkyl halides is 1. The van der Waals surface area contributed by atoms with Crippen molar-refractivity contribution in [2.24, 2.45) is 0 Å². The number of carbonyl (C=O) groups is 1. The van der Waals surface area contributed by atoms with Crippen molar-refractivity contribution in [3.05, 3.63) is 107 Å². The van der Waals surface area contributed by atoms with E-state index in [4.69, 9.17) is 0 Å². The highest BCUT2D eigenvalue weighted by Crippen LogP contribution is 2.11. The molecule has 2 heteroatoms. The minimum Gasteiger partial charge on any atom is -0.289 e. The molecule has 0 unspecified atom stereocenters. The fourth-order valence-corrected chi connectivity index (χ4v) is 2.66. The van der Waals surface area contributed by atoms with E-state index in [2.05, 4.69) is 39.9 Å². The van der Waals surface area contributed by atoms with Crippen LogP contribution in [-0.4, -0.2) is 5.78 Å². The fraction of sp³-hybridized carbons (Fsp3) is 0.0455. The molecule has 3 aromatic carbocycles. The smallest absolute Gasteiger partial charge is 0.193 e. The summed E-state index contributed by atoms with van der Waals surface area (Å²) in [6.45, 7) is 0. The fourth-order valence-electron chi connectivity index (χ4n) is 2.28. The van der Waals surface area contributed by atoms with Gasteiger partial charge in [-0.3, -0.25) is 4.79 Å². The van der Waals surface area contributed by atoms with Gasteiger partial charge in [-0.15, -0.1) is 0 Å². The molecule has 116 valence electrons. The van der Waals surface area contributed by atoms with Crippen LogP contribution in [0.5, 0.6) is 0 Å². The molecule has 0 aromatic heterocycles. The van der Waals surface area contributed by atoms with Crippen molar-refractivity contribution in [3.8, 4) is 11.8 Å². The third kappa shape index (κ3) is 4.01. The first-order valence-electron chi connectivity index (χ1n) is 7.63. The SMILES string of the molecule is O=C(c1ccccc1)c1ccc(C#Cc2ccc(CBr)cc2)cc1. The Kier molecular flexibility index (Phi) is 5.25. The molecule has 1 nitrogen and oxygen atoms in total. The first-order chi connectivity index (χ1) is 11.8. The maximum atomic E-state index is 12.4. The standard InChI is InChI=1S/C22H15BrO/c23-16-19-10-8-17(9-11-19)6-7-18-12-14-21(15-13-18)22(24)20-4-2-1-3-5-20/h1-5,8-15H,16H2. The Morgan fingerprint density at radius 2 is 1.21 bits per heavy atom. The number of hydrogen-bond acceptors (Lipinski definition) is 1. The molecule has 24 heavy (non-hydrogen) atoms. The van der Waals surface area contributed by atoms with Crippen LogP contribution in [0.3, 0.4) is 0 Å². The molecular weight excluding hydrogens is 360 g/mol. The van der Waals surface area contributed by atoms with E-state index >= 15 is 0 Å². The molecule has 0 atom stereocenters. The molecule has 0 N–H and O–H groups in total. The third-order valence-corrected chi connectivity index (χ3v) is 4.29. The van der Waals surface area contributed by atoms with Crippen LogP contribution in [0.15, 0.2) is 78.9 Å². The molecule has 0 spiro atoms. The second-order valence-corrected chi connectivity index (χ2v) is 5.91. The van der Waals surface area contributed by atoms with Crippen LogP contribution in [0, 0.1) is 11.8 Å². The molecule has 0 bridgehead atoms. The van der Waals surface area contributed by atoms with Crippen molar-refractivity contribution in [2.45, 2.75) is 5.33 Å². The summed E-state index contributed by atoms with van der Waals surface area (Å²) >= 11 is 3.43. The van der Waals surface area contributed by atoms with Gasteiger partial charge in [-0.25, -0.2) is 0 Å². The molecular formula is C22H15BrO. The van der Waals surface area contributed by atoms with E-state index in [1.807, 2.05) is 66.7 Å². The van der Waals surface area contributed by atoms with Gasteiger partial charge >= 0.3 is 0 Å². The molecule has 0 amide bonds. The molecule has 0 aliphatic heterocycles. The van der Waals surface area contributed by atoms with E-state index in [1.165, 1.54) is 5.56 Å². The van der Waals surface area contributed by atoms with Crippen molar-refractivity contribution in [3.63, 3.8) is 0 Å². The van der Waals surface area contributed by atoms with Gasteiger partial charge in [-0.1, -0.05) is 70.2 Å². The predicted molar refractivity (Wildman–Crippen MR) is 101 cm³/mol. The van der Waals surface area contributed by atoms with Crippen molar-refractivity contribution < 1.29 is 4.79 Å². The van der Waals surface area contributed by atoms with E-state index in [1.54, 1.807) is 0 Å². The molecule has 0 aliphatic carbocycles. The van der Waals surface area contributed by atoms with Gasteiger partial charge in [0, 0.05) is 27.6 Å². The summed E-state index contributed by atoms with van der Waals surface area (Å²) in [5.74, 6) is 6.30. The van der Waals surface area contributed by atoms with E-state index in [9.17, 15) is 4.79 Å². The van der Waals surface area contributed by atoms with Gasteiger partial charge in [0.25, 0.3) is 0 Å². The van der Waals surface area contributed by atoms with E-state index in [0.717, 1.165) is 16.5 Å². The summed E-state index contributed by atoms with van der Waals surface area (Å²) in [5, 5.41) is 0.845. The first kappa shape index (κ1) is 16.2. The van der Waals surface area contributed by atoms with E-state index in [0.29, 0.717) is 11.1 Å². The Hall–Kier alpha value is -2.63. The van der Waals surface area contributed by atoms with Gasteiger partial charge in [0.05, 0.1) is 0 Å². The Morgan fingerprint density at radius 3 is 1.75 bits per heavy atom. The average Bonchev–Trinajstić information content (AvgIpc) is 2.67. The van der Waals surface area contributed by atoms with Gasteiger partial charge in [0.2, 0.25) is 0 Å². The molecule has 3 rings (SSSR count). The average molecular weight is 375 g/mol. The summed E-state index contributed by atoms with van der Waals surface area (Å²) in [6, 6.07) is 24.8. The van der Waals surface area contributed by atoms with Crippen LogP contribution in [0.25, 0.3) is 0 Å². The van der Waals surface area contributed by atoms with Crippen LogP contribution in [0.2, 0.25) is 0 Å². The highest BCUT2D eigenvalue weighted by Gasteiger charge is 2.07. The lowest BCUT2D eigenvalue weighted by Crippen LogP contribution is -2.00. The van der Waals surface area contributed by atoms with Gasteiger partial charge in [0.15, 0.2) is 5.78 Å². The number of halogens is 1. The number of carbonyl (C=O) groups excluding carboxylic acids is 1. The van der Waals surface area contributed by atoms with Gasteiger partial charge in [0.1, 0.15) is 0 Å². The van der Waals surface area contributed by atoms with Crippen molar-refractivity contribution >= 4 is 21.7 Å². The monoisotopic (exact) mass is 374 g/mol. The van der Waals surface area contributed by atoms with Gasteiger partial charge in [-0.2, -0.15) is 0 Å². The zero-order valence-electron chi connectivity index (χ0n) is 13.0. The zero-order valence-corrected chi connectivity index (χ0v) is 14.6. The number of ketones is 1. The Labute approximate surface area is 150 Å². The van der Waals surface area contributed by atoms with Crippen molar-refractivity contribution in [1.29, 1.82) is 0 Å². The van der Waals surface area contributed by atoms with Crippen LogP contribution < -0.4 is 0 Å². The number of rotatable bonds is 3. The minimum absolute atomic E-state index is 0.0282. The van der Waals surface area contributed by atoms with Gasteiger partial charge < -0.3 is 0 Å². The summed E-state index contributed by atoms with van der Waals surface area (Å²) in [5.41, 5.74) is 4.47. The van der Waals surface area contributed by atoms with Crippen LogP contribution in [0.4, 0.5) is 0 Å². The normalized spacial score (nSPS) is 9.88. The molecule has 0 saturated carbocycles. The second kappa shape index (κ2) is 7.77. The van der Waals surface area contributed by atoms with Crippen LogP contribution in [-0.2, 0) is 5.33 Å². The first-order valence-corrected chi connectivity index (χ1v) is 8.75. The van der Waals surface area contributed by atoms with Crippen LogP contribution >= 0.6 is 15.9 Å². The molecule has 0 aliphatic rings. The summed E-state index contributed by atoms with van der Waals surface area (Å²) in [4.78, 5) is 12.4. The highest BCUT2D eigenvalue weighted by atomic mass is 79.9. The quantitative estimate of drug-likeness (QED) is 0.349. The lowest BCUT2D eigenvalue weighted by Gasteiger charge is -2.01. The maximum Gasteiger partial charge on any atom is 0.193 e. The third-order valence-electron chi connectivity index (χ3n) is 3.64. The van der Waals surface area contributed by atoms with Crippen molar-refractivity contribution in [1.82, 2.24) is 0 Å². The lowest BCUT2D eigenvalue weighted by molar-refractivity contribution is 0.103. The number of hydrogen-bond donors (Lipinski definition) is 0. The molecule has 0 saturated heterocycles. The highest BCUT2D eigenvalue weighted by molar-refractivity contribution is 9.08. The number of benzene rings is 3. The Balaban J connectivity index is 1.75. The largest absolute Gasteiger partial charge is 0.289 e. The predicted octanol–water partition coefficient (Wildman–Crippen LogP) is 5.21. The minimum atomic E-state index is 0.0282. The molecule has 3 aromatic rings. The van der Waals surface area contributed by atoms with Crippen molar-refractivity contribution in [2.75, 3.05) is 0 Å². The summed E-state index contributed by atoms with van der Waals surface area (Å²) in [6.07, 6.45) is 0. The Morgan fingerprint density at radius 1 is 0.708 bits per heavy atom. The zero-order chi connectivity index (χ0) is 16.8. The summed E-state index contributed by atoms with van der Waals surface area (Å²) in [7, 11) is 0. The van der Waals surface area contributed by atoms with Gasteiger partial charge in [-0.05, 0) is 42.0 Å². The topological polar surface area (TPSA) is 17.1 Å². The molecule has 0 heterocycles. The second-order valence-electron chi connectivity index (χ2n) is 5.35. The van der Waals surface area contributed by atoms with E-state index < -0.39 is 0 Å². The molecule has 0 radical (unpaired) electrons. The molecule has 0 fully saturated rings. The van der Waals surface area contributed by atoms with Crippen LogP contribution in [0.1, 0.15) is 32.6 Å². The Bertz CT molecular complexity index is 883.